The number of alkyl halides is 3. The Balaban J connectivity index is 1.79. The van der Waals surface area contributed by atoms with Crippen LogP contribution in [-0.2, 0) is 10.9 Å². The summed E-state index contributed by atoms with van der Waals surface area (Å²) >= 11 is 0. The number of nitrogens with one attached hydrogen (secondary N) is 2. The van der Waals surface area contributed by atoms with Crippen molar-refractivity contribution >= 4 is 33.5 Å². The average Bonchev–Trinajstić information content (AvgIpc) is 3.13. The van der Waals surface area contributed by atoms with Crippen LogP contribution in [0.25, 0.3) is 33.3 Å². The molecule has 35 heavy (non-hydrogen) atoms. The van der Waals surface area contributed by atoms with Crippen molar-refractivity contribution in [3.8, 4) is 11.4 Å². The highest BCUT2D eigenvalue weighted by Crippen LogP contribution is 2.33. The number of benzene rings is 2. The van der Waals surface area contributed by atoms with Crippen LogP contribution in [0.4, 0.5) is 18.9 Å². The third-order valence-corrected chi connectivity index (χ3v) is 5.76. The first kappa shape index (κ1) is 24.3. The lowest BCUT2D eigenvalue weighted by molar-refractivity contribution is -0.137. The molecule has 0 aliphatic carbocycles. The van der Waals surface area contributed by atoms with Gasteiger partial charge in [-0.1, -0.05) is 0 Å². The summed E-state index contributed by atoms with van der Waals surface area (Å²) in [6, 6.07) is 7.76. The maximum Gasteiger partial charge on any atom is 0.416 e. The molecule has 0 bridgehead atoms. The molecule has 4 rings (SSSR count). The highest BCUT2D eigenvalue weighted by atomic mass is 19.4. The van der Waals surface area contributed by atoms with Crippen molar-refractivity contribution in [2.24, 2.45) is 0 Å². The Kier molecular flexibility index (Phi) is 6.28. The molecule has 0 saturated heterocycles. The smallest absolute Gasteiger partial charge is 0.396 e. The van der Waals surface area contributed by atoms with Crippen LogP contribution < -0.4 is 11.3 Å². The summed E-state index contributed by atoms with van der Waals surface area (Å²) in [6.07, 6.45) is -4.55. The number of nitrogens with two attached hydrogens (primary N) is 1. The summed E-state index contributed by atoms with van der Waals surface area (Å²) in [6.45, 7) is 4.59. The minimum Gasteiger partial charge on any atom is -0.396 e. The summed E-state index contributed by atoms with van der Waals surface area (Å²) in [7, 11) is 1.56. The van der Waals surface area contributed by atoms with Gasteiger partial charge in [-0.15, -0.1) is 0 Å². The fourth-order valence-corrected chi connectivity index (χ4v) is 3.91. The zero-order valence-corrected chi connectivity index (χ0v) is 19.3. The molecule has 0 spiro atoms. The summed E-state index contributed by atoms with van der Waals surface area (Å²) in [4.78, 5) is 37.2. The fourth-order valence-electron chi connectivity index (χ4n) is 3.91. The molecule has 184 valence electrons. The molecule has 11 heteroatoms. The number of halogens is 3. The molecular weight excluding hydrogens is 463 g/mol. The molecule has 0 radical (unpaired) electrons. The Bertz CT molecular complexity index is 1470. The van der Waals surface area contributed by atoms with E-state index in [2.05, 4.69) is 15.0 Å². The standard InChI is InChI=1S/C24H24F3N5O3/c1-12(2)32(8-9-35-3)23(34)13-4-6-16-15(10-13)19(28)20(29-16)21-22(33)31-17-7-5-14(24(25,26)27)11-18(17)30-21/h4-7,10-12,29H,8-9,28H2,1-3H3,(H,31,33). The number of aromatic amines is 2. The summed E-state index contributed by atoms with van der Waals surface area (Å²) in [5.41, 5.74) is 6.07. The molecule has 0 saturated carbocycles. The second-order valence-corrected chi connectivity index (χ2v) is 8.40. The molecular formula is C24H24F3N5O3. The van der Waals surface area contributed by atoms with Gasteiger partial charge in [-0.05, 0) is 50.2 Å². The van der Waals surface area contributed by atoms with Crippen molar-refractivity contribution in [3.63, 3.8) is 0 Å². The number of anilines is 1. The van der Waals surface area contributed by atoms with Crippen molar-refractivity contribution < 1.29 is 22.7 Å². The Hall–Kier alpha value is -3.86. The van der Waals surface area contributed by atoms with Crippen molar-refractivity contribution in [2.45, 2.75) is 26.1 Å². The molecule has 4 N–H and O–H groups in total. The number of nitrogen functional groups attached to an aromatic ring is 1. The fraction of sp³-hybridized carbons (Fsp3) is 0.292. The average molecular weight is 487 g/mol. The second kappa shape index (κ2) is 9.06. The van der Waals surface area contributed by atoms with Gasteiger partial charge in [0, 0.05) is 36.2 Å². The van der Waals surface area contributed by atoms with Crippen LogP contribution in [0.15, 0.2) is 41.2 Å². The lowest BCUT2D eigenvalue weighted by atomic mass is 10.1. The first-order valence-electron chi connectivity index (χ1n) is 10.8. The predicted molar refractivity (Wildman–Crippen MR) is 127 cm³/mol. The van der Waals surface area contributed by atoms with E-state index < -0.39 is 17.3 Å². The van der Waals surface area contributed by atoms with Gasteiger partial charge in [-0.3, -0.25) is 9.59 Å². The molecule has 0 atom stereocenters. The molecule has 4 aromatic rings. The number of hydrogen-bond acceptors (Lipinski definition) is 5. The third-order valence-electron chi connectivity index (χ3n) is 5.76. The van der Waals surface area contributed by atoms with E-state index in [-0.39, 0.29) is 40.1 Å². The number of nitrogens with zero attached hydrogens (tertiary/aromatic N) is 2. The zero-order chi connectivity index (χ0) is 25.5. The van der Waals surface area contributed by atoms with E-state index in [1.165, 1.54) is 0 Å². The van der Waals surface area contributed by atoms with Crippen LogP contribution in [0.1, 0.15) is 29.8 Å². The Labute approximate surface area is 197 Å². The number of rotatable bonds is 6. The Morgan fingerprint density at radius 3 is 2.51 bits per heavy atom. The number of carbonyl (C=O) groups is 1. The molecule has 1 amide bonds. The largest absolute Gasteiger partial charge is 0.416 e. The molecule has 0 unspecified atom stereocenters. The monoisotopic (exact) mass is 487 g/mol. The molecule has 2 heterocycles. The quantitative estimate of drug-likeness (QED) is 0.377. The van der Waals surface area contributed by atoms with Gasteiger partial charge in [-0.25, -0.2) is 4.98 Å². The van der Waals surface area contributed by atoms with E-state index in [9.17, 15) is 22.8 Å². The highest BCUT2D eigenvalue weighted by molar-refractivity contribution is 6.04. The highest BCUT2D eigenvalue weighted by Gasteiger charge is 2.31. The van der Waals surface area contributed by atoms with Crippen LogP contribution in [0.5, 0.6) is 0 Å². The molecule has 2 aromatic heterocycles. The number of H-pyrrole nitrogens is 2. The van der Waals surface area contributed by atoms with Gasteiger partial charge in [0.2, 0.25) is 0 Å². The first-order chi connectivity index (χ1) is 16.5. The van der Waals surface area contributed by atoms with Crippen molar-refractivity contribution in [1.29, 1.82) is 0 Å². The van der Waals surface area contributed by atoms with Gasteiger partial charge in [0.1, 0.15) is 0 Å². The number of methoxy groups -OCH3 is 1. The van der Waals surface area contributed by atoms with Crippen LogP contribution in [-0.4, -0.2) is 52.1 Å². The van der Waals surface area contributed by atoms with E-state index in [0.717, 1.165) is 18.2 Å². The van der Waals surface area contributed by atoms with E-state index in [4.69, 9.17) is 10.5 Å². The topological polar surface area (TPSA) is 117 Å². The number of hydrogen-bond donors (Lipinski definition) is 3. The number of ether oxygens (including phenoxy) is 1. The summed E-state index contributed by atoms with van der Waals surface area (Å²) < 4.78 is 44.5. The van der Waals surface area contributed by atoms with Crippen LogP contribution in [0, 0.1) is 0 Å². The lowest BCUT2D eigenvalue weighted by Crippen LogP contribution is -2.39. The zero-order valence-electron chi connectivity index (χ0n) is 19.3. The second-order valence-electron chi connectivity index (χ2n) is 8.40. The van der Waals surface area contributed by atoms with E-state index >= 15 is 0 Å². The molecule has 0 aliphatic heterocycles. The Morgan fingerprint density at radius 1 is 1.14 bits per heavy atom. The minimum absolute atomic E-state index is 0.0333. The van der Waals surface area contributed by atoms with Gasteiger partial charge in [0.15, 0.2) is 5.69 Å². The number of carbonyl (C=O) groups excluding carboxylic acids is 1. The van der Waals surface area contributed by atoms with E-state index in [1.54, 1.807) is 30.2 Å². The summed E-state index contributed by atoms with van der Waals surface area (Å²) in [5, 5.41) is 0.492. The first-order valence-corrected chi connectivity index (χ1v) is 10.8. The molecule has 8 nitrogen and oxygen atoms in total. The SMILES string of the molecule is COCCN(C(=O)c1ccc2[nH]c(-c3nc4cc(C(F)(F)F)ccc4[nH]c3=O)c(N)c2c1)C(C)C. The summed E-state index contributed by atoms with van der Waals surface area (Å²) in [5.74, 6) is -0.206. The predicted octanol–water partition coefficient (Wildman–Crippen LogP) is 4.17. The maximum atomic E-state index is 13.1. The van der Waals surface area contributed by atoms with Crippen molar-refractivity contribution in [3.05, 3.63) is 57.9 Å². The van der Waals surface area contributed by atoms with Gasteiger partial charge in [0.05, 0.1) is 34.6 Å². The van der Waals surface area contributed by atoms with Crippen LogP contribution >= 0.6 is 0 Å². The number of aromatic nitrogens is 3. The van der Waals surface area contributed by atoms with Crippen LogP contribution in [0.3, 0.4) is 0 Å². The minimum atomic E-state index is -4.55. The lowest BCUT2D eigenvalue weighted by Gasteiger charge is -2.26. The number of amides is 1. The molecule has 0 fully saturated rings. The normalized spacial score (nSPS) is 12.1. The maximum absolute atomic E-state index is 13.1. The van der Waals surface area contributed by atoms with Crippen molar-refractivity contribution in [2.75, 3.05) is 26.0 Å². The van der Waals surface area contributed by atoms with Gasteiger partial charge in [-0.2, -0.15) is 13.2 Å². The van der Waals surface area contributed by atoms with E-state index in [0.29, 0.717) is 29.6 Å². The van der Waals surface area contributed by atoms with E-state index in [1.807, 2.05) is 13.8 Å². The number of fused-ring (bicyclic) bond motifs is 2. The van der Waals surface area contributed by atoms with Crippen LogP contribution in [0.2, 0.25) is 0 Å². The third kappa shape index (κ3) is 4.59. The molecule has 0 aliphatic rings. The Morgan fingerprint density at radius 2 is 1.86 bits per heavy atom. The van der Waals surface area contributed by atoms with Crippen molar-refractivity contribution in [1.82, 2.24) is 19.9 Å². The van der Waals surface area contributed by atoms with Gasteiger partial charge in [0.25, 0.3) is 11.5 Å². The van der Waals surface area contributed by atoms with Gasteiger partial charge >= 0.3 is 6.18 Å². The molecule has 2 aromatic carbocycles. The van der Waals surface area contributed by atoms with Gasteiger partial charge < -0.3 is 25.3 Å².